The molecule has 1 aromatic carbocycles. The number of carbonyl (C=O) groups is 1. The SMILES string of the molecule is CC1CC(NC(=O)CCC2CCNC2)CN1Cc1ccccc1.Cl.Cl. The minimum Gasteiger partial charge on any atom is -0.352 e. The highest BCUT2D eigenvalue weighted by molar-refractivity contribution is 5.85. The van der Waals surface area contributed by atoms with E-state index in [0.717, 1.165) is 39.0 Å². The minimum atomic E-state index is 0. The first kappa shape index (κ1) is 22.2. The zero-order valence-electron chi connectivity index (χ0n) is 14.9. The van der Waals surface area contributed by atoms with Gasteiger partial charge in [0.25, 0.3) is 0 Å². The molecule has 0 bridgehead atoms. The number of hydrogen-bond acceptors (Lipinski definition) is 3. The van der Waals surface area contributed by atoms with Crippen molar-refractivity contribution in [1.82, 2.24) is 15.5 Å². The number of rotatable bonds is 6. The maximum Gasteiger partial charge on any atom is 0.220 e. The first-order chi connectivity index (χ1) is 11.2. The predicted molar refractivity (Wildman–Crippen MR) is 108 cm³/mol. The number of hydrogen-bond donors (Lipinski definition) is 2. The molecule has 1 aromatic rings. The van der Waals surface area contributed by atoms with E-state index in [9.17, 15) is 4.79 Å². The Morgan fingerprint density at radius 2 is 2.04 bits per heavy atom. The zero-order valence-corrected chi connectivity index (χ0v) is 16.6. The van der Waals surface area contributed by atoms with E-state index in [0.29, 0.717) is 24.4 Å². The molecule has 2 N–H and O–H groups in total. The summed E-state index contributed by atoms with van der Waals surface area (Å²) in [6, 6.07) is 11.4. The van der Waals surface area contributed by atoms with Crippen molar-refractivity contribution in [2.75, 3.05) is 19.6 Å². The van der Waals surface area contributed by atoms with Gasteiger partial charge in [0.05, 0.1) is 0 Å². The lowest BCUT2D eigenvalue weighted by atomic mass is 10.0. The van der Waals surface area contributed by atoms with E-state index in [2.05, 4.69) is 52.8 Å². The molecule has 6 heteroatoms. The van der Waals surface area contributed by atoms with Crippen LogP contribution in [0.2, 0.25) is 0 Å². The second-order valence-corrected chi connectivity index (χ2v) is 7.16. The van der Waals surface area contributed by atoms with Crippen LogP contribution in [0.5, 0.6) is 0 Å². The fourth-order valence-corrected chi connectivity index (χ4v) is 3.84. The van der Waals surface area contributed by atoms with Crippen LogP contribution in [0.25, 0.3) is 0 Å². The summed E-state index contributed by atoms with van der Waals surface area (Å²) in [5.74, 6) is 0.925. The fourth-order valence-electron chi connectivity index (χ4n) is 3.84. The van der Waals surface area contributed by atoms with Crippen molar-refractivity contribution >= 4 is 30.7 Å². The van der Waals surface area contributed by atoms with Gasteiger partial charge in [0.2, 0.25) is 5.91 Å². The van der Waals surface area contributed by atoms with Crippen LogP contribution in [0.3, 0.4) is 0 Å². The van der Waals surface area contributed by atoms with E-state index >= 15 is 0 Å². The van der Waals surface area contributed by atoms with Crippen LogP contribution >= 0.6 is 24.8 Å². The molecule has 0 radical (unpaired) electrons. The Morgan fingerprint density at radius 1 is 1.28 bits per heavy atom. The van der Waals surface area contributed by atoms with Crippen molar-refractivity contribution in [2.24, 2.45) is 5.92 Å². The summed E-state index contributed by atoms with van der Waals surface area (Å²) in [6.07, 6.45) is 3.98. The molecule has 2 saturated heterocycles. The number of nitrogens with zero attached hydrogens (tertiary/aromatic N) is 1. The largest absolute Gasteiger partial charge is 0.352 e. The Kier molecular flexibility index (Phi) is 9.80. The van der Waals surface area contributed by atoms with Gasteiger partial charge in [-0.3, -0.25) is 9.69 Å². The third kappa shape index (κ3) is 6.78. The molecule has 3 rings (SSSR count). The summed E-state index contributed by atoms with van der Waals surface area (Å²) in [4.78, 5) is 14.7. The first-order valence-electron chi connectivity index (χ1n) is 8.99. The quantitative estimate of drug-likeness (QED) is 0.788. The number of benzene rings is 1. The van der Waals surface area contributed by atoms with Gasteiger partial charge in [-0.15, -0.1) is 24.8 Å². The molecular formula is C19H31Cl2N3O. The maximum absolute atomic E-state index is 12.2. The topological polar surface area (TPSA) is 44.4 Å². The van der Waals surface area contributed by atoms with Crippen molar-refractivity contribution in [2.45, 2.75) is 51.2 Å². The lowest BCUT2D eigenvalue weighted by molar-refractivity contribution is -0.122. The Balaban J connectivity index is 0.00000156. The number of likely N-dealkylation sites (tertiary alicyclic amines) is 1. The highest BCUT2D eigenvalue weighted by atomic mass is 35.5. The molecule has 2 heterocycles. The van der Waals surface area contributed by atoms with E-state index in [-0.39, 0.29) is 30.7 Å². The summed E-state index contributed by atoms with van der Waals surface area (Å²) in [7, 11) is 0. The van der Waals surface area contributed by atoms with Gasteiger partial charge in [-0.05, 0) is 50.8 Å². The van der Waals surface area contributed by atoms with Crippen LogP contribution in [-0.2, 0) is 11.3 Å². The maximum atomic E-state index is 12.2. The van der Waals surface area contributed by atoms with Gasteiger partial charge >= 0.3 is 0 Å². The van der Waals surface area contributed by atoms with Crippen LogP contribution in [0.15, 0.2) is 30.3 Å². The van der Waals surface area contributed by atoms with Gasteiger partial charge in [0.1, 0.15) is 0 Å². The second-order valence-electron chi connectivity index (χ2n) is 7.16. The van der Waals surface area contributed by atoms with Crippen LogP contribution < -0.4 is 10.6 Å². The third-order valence-electron chi connectivity index (χ3n) is 5.24. The third-order valence-corrected chi connectivity index (χ3v) is 5.24. The van der Waals surface area contributed by atoms with Gasteiger partial charge in [-0.1, -0.05) is 30.3 Å². The average molecular weight is 388 g/mol. The standard InChI is InChI=1S/C19H29N3O.2ClH/c1-15-11-18(14-22(15)13-17-5-3-2-4-6-17)21-19(23)8-7-16-9-10-20-12-16;;/h2-6,15-16,18,20H,7-14H2,1H3,(H,21,23);2*1H. The first-order valence-corrected chi connectivity index (χ1v) is 8.99. The lowest BCUT2D eigenvalue weighted by Gasteiger charge is -2.20. The molecule has 142 valence electrons. The van der Waals surface area contributed by atoms with E-state index in [1.165, 1.54) is 12.0 Å². The van der Waals surface area contributed by atoms with E-state index in [1.54, 1.807) is 0 Å². The number of halogens is 2. The van der Waals surface area contributed by atoms with Crippen LogP contribution in [0, 0.1) is 5.92 Å². The van der Waals surface area contributed by atoms with Crippen LogP contribution in [0.1, 0.15) is 38.2 Å². The summed E-state index contributed by atoms with van der Waals surface area (Å²) in [6.45, 7) is 6.40. The molecule has 2 aliphatic heterocycles. The molecule has 3 unspecified atom stereocenters. The van der Waals surface area contributed by atoms with Crippen molar-refractivity contribution in [1.29, 1.82) is 0 Å². The Morgan fingerprint density at radius 3 is 2.72 bits per heavy atom. The van der Waals surface area contributed by atoms with E-state index in [4.69, 9.17) is 0 Å². The van der Waals surface area contributed by atoms with Crippen molar-refractivity contribution < 1.29 is 4.79 Å². The van der Waals surface area contributed by atoms with E-state index in [1.807, 2.05) is 0 Å². The Bertz CT molecular complexity index is 509. The molecule has 2 fully saturated rings. The van der Waals surface area contributed by atoms with Crippen LogP contribution in [0.4, 0.5) is 0 Å². The smallest absolute Gasteiger partial charge is 0.220 e. The number of carbonyl (C=O) groups excluding carboxylic acids is 1. The van der Waals surface area contributed by atoms with Crippen LogP contribution in [-0.4, -0.2) is 42.5 Å². The predicted octanol–water partition coefficient (Wildman–Crippen LogP) is 3.00. The second kappa shape index (κ2) is 11.0. The van der Waals surface area contributed by atoms with E-state index < -0.39 is 0 Å². The van der Waals surface area contributed by atoms with Crippen molar-refractivity contribution in [3.63, 3.8) is 0 Å². The molecule has 1 amide bonds. The van der Waals surface area contributed by atoms with Gasteiger partial charge in [0, 0.05) is 31.6 Å². The monoisotopic (exact) mass is 387 g/mol. The van der Waals surface area contributed by atoms with Crippen molar-refractivity contribution in [3.8, 4) is 0 Å². The summed E-state index contributed by atoms with van der Waals surface area (Å²) >= 11 is 0. The molecule has 0 saturated carbocycles. The molecule has 0 aliphatic carbocycles. The summed E-state index contributed by atoms with van der Waals surface area (Å²) in [5, 5.41) is 6.61. The Hall–Kier alpha value is -0.810. The molecule has 0 spiro atoms. The zero-order chi connectivity index (χ0) is 16.1. The fraction of sp³-hybridized carbons (Fsp3) is 0.632. The van der Waals surface area contributed by atoms with Crippen molar-refractivity contribution in [3.05, 3.63) is 35.9 Å². The molecule has 2 aliphatic rings. The summed E-state index contributed by atoms with van der Waals surface area (Å²) in [5.41, 5.74) is 1.35. The number of nitrogens with one attached hydrogen (secondary N) is 2. The highest BCUT2D eigenvalue weighted by Gasteiger charge is 2.29. The lowest BCUT2D eigenvalue weighted by Crippen LogP contribution is -2.37. The molecule has 3 atom stereocenters. The molecule has 4 nitrogen and oxygen atoms in total. The average Bonchev–Trinajstić information content (AvgIpc) is 3.17. The molecule has 0 aromatic heterocycles. The minimum absolute atomic E-state index is 0. The van der Waals surface area contributed by atoms with Gasteiger partial charge < -0.3 is 10.6 Å². The molecule has 25 heavy (non-hydrogen) atoms. The molecular weight excluding hydrogens is 357 g/mol. The van der Waals surface area contributed by atoms with Gasteiger partial charge in [-0.2, -0.15) is 0 Å². The normalized spacial score (nSPS) is 25.9. The Labute approximate surface area is 163 Å². The van der Waals surface area contributed by atoms with Gasteiger partial charge in [0.15, 0.2) is 0 Å². The summed E-state index contributed by atoms with van der Waals surface area (Å²) < 4.78 is 0. The number of amides is 1. The highest BCUT2D eigenvalue weighted by Crippen LogP contribution is 2.21. The van der Waals surface area contributed by atoms with Gasteiger partial charge in [-0.25, -0.2) is 0 Å².